The van der Waals surface area contributed by atoms with E-state index in [1.807, 2.05) is 63.2 Å². The van der Waals surface area contributed by atoms with E-state index in [4.69, 9.17) is 0 Å². The van der Waals surface area contributed by atoms with Gasteiger partial charge in [0, 0.05) is 11.4 Å². The Hall–Kier alpha value is -3.26. The normalized spacial score (nSPS) is 10.4. The summed E-state index contributed by atoms with van der Waals surface area (Å²) in [7, 11) is 0. The van der Waals surface area contributed by atoms with E-state index in [0.29, 0.717) is 15.8 Å². The highest BCUT2D eigenvalue weighted by Crippen LogP contribution is 2.18. The molecule has 0 spiro atoms. The van der Waals surface area contributed by atoms with Crippen molar-refractivity contribution in [1.82, 2.24) is 10.2 Å². The molecule has 0 bridgehead atoms. The largest absolute Gasteiger partial charge is 0.326 e. The van der Waals surface area contributed by atoms with E-state index in [9.17, 15) is 9.59 Å². The van der Waals surface area contributed by atoms with Crippen molar-refractivity contribution in [3.05, 3.63) is 64.2 Å². The Morgan fingerprint density at radius 2 is 1.57 bits per heavy atom. The number of carbonyl (C=O) groups is 2. The van der Waals surface area contributed by atoms with Gasteiger partial charge in [-0.2, -0.15) is 0 Å². The molecule has 1 aromatic heterocycles. The minimum Gasteiger partial charge on any atom is -0.326 e. The molecule has 3 amide bonds. The van der Waals surface area contributed by atoms with Crippen LogP contribution in [0.3, 0.4) is 0 Å². The van der Waals surface area contributed by atoms with E-state index >= 15 is 0 Å². The molecule has 0 saturated heterocycles. The molecule has 0 aliphatic rings. The highest BCUT2D eigenvalue weighted by molar-refractivity contribution is 7.15. The Labute approximate surface area is 167 Å². The molecule has 0 saturated carbocycles. The fraction of sp³-hybridized carbons (Fsp3) is 0.200. The summed E-state index contributed by atoms with van der Waals surface area (Å²) in [6, 6.07) is 12.8. The summed E-state index contributed by atoms with van der Waals surface area (Å²) in [4.78, 5) is 24.2. The summed E-state index contributed by atoms with van der Waals surface area (Å²) in [5.74, 6) is -0.189. The predicted molar refractivity (Wildman–Crippen MR) is 112 cm³/mol. The molecule has 3 rings (SSSR count). The Bertz CT molecular complexity index is 998. The molecule has 7 nitrogen and oxygen atoms in total. The number of nitrogens with one attached hydrogen (secondary N) is 3. The Kier molecular flexibility index (Phi) is 6.00. The molecule has 0 fully saturated rings. The van der Waals surface area contributed by atoms with Gasteiger partial charge in [0.1, 0.15) is 5.01 Å². The lowest BCUT2D eigenvalue weighted by atomic mass is 10.1. The number of amides is 3. The van der Waals surface area contributed by atoms with Crippen molar-refractivity contribution in [2.75, 3.05) is 16.0 Å². The van der Waals surface area contributed by atoms with Crippen molar-refractivity contribution < 1.29 is 9.59 Å². The molecule has 0 unspecified atom stereocenters. The third-order valence-corrected chi connectivity index (χ3v) is 4.94. The predicted octanol–water partition coefficient (Wildman–Crippen LogP) is 4.29. The molecule has 0 aliphatic heterocycles. The van der Waals surface area contributed by atoms with Gasteiger partial charge in [0.05, 0.1) is 6.42 Å². The number of aromatic nitrogens is 2. The van der Waals surface area contributed by atoms with Gasteiger partial charge in [-0.15, -0.1) is 10.2 Å². The smallest absolute Gasteiger partial charge is 0.325 e. The van der Waals surface area contributed by atoms with Gasteiger partial charge >= 0.3 is 6.03 Å². The molecule has 0 radical (unpaired) electrons. The minimum atomic E-state index is -0.407. The van der Waals surface area contributed by atoms with Crippen LogP contribution < -0.4 is 16.0 Å². The van der Waals surface area contributed by atoms with E-state index in [1.54, 1.807) is 0 Å². The molecule has 3 N–H and O–H groups in total. The first-order valence-corrected chi connectivity index (χ1v) is 9.55. The summed E-state index contributed by atoms with van der Waals surface area (Å²) < 4.78 is 0. The van der Waals surface area contributed by atoms with Crippen LogP contribution >= 0.6 is 11.3 Å². The van der Waals surface area contributed by atoms with Gasteiger partial charge in [-0.1, -0.05) is 35.1 Å². The monoisotopic (exact) mass is 395 g/mol. The zero-order chi connectivity index (χ0) is 20.1. The molecule has 3 aromatic rings. The average molecular weight is 395 g/mol. The lowest BCUT2D eigenvalue weighted by Crippen LogP contribution is -2.19. The molecule has 28 heavy (non-hydrogen) atoms. The number of aryl methyl sites for hydroxylation is 3. The molecule has 0 aliphatic carbocycles. The second-order valence-electron chi connectivity index (χ2n) is 6.47. The zero-order valence-electron chi connectivity index (χ0n) is 15.9. The summed E-state index contributed by atoms with van der Waals surface area (Å²) in [6.07, 6.45) is 0.0893. The van der Waals surface area contributed by atoms with Crippen molar-refractivity contribution in [1.29, 1.82) is 0 Å². The Morgan fingerprint density at radius 3 is 2.29 bits per heavy atom. The van der Waals surface area contributed by atoms with Crippen LogP contribution in [0.2, 0.25) is 0 Å². The third-order valence-electron chi connectivity index (χ3n) is 4.10. The van der Waals surface area contributed by atoms with E-state index < -0.39 is 6.03 Å². The Morgan fingerprint density at radius 1 is 0.857 bits per heavy atom. The number of anilines is 3. The van der Waals surface area contributed by atoms with Crippen molar-refractivity contribution in [2.24, 2.45) is 0 Å². The second-order valence-corrected chi connectivity index (χ2v) is 7.53. The molecule has 144 valence electrons. The maximum atomic E-state index is 12.1. The molecule has 1 heterocycles. The van der Waals surface area contributed by atoms with Gasteiger partial charge < -0.3 is 10.6 Å². The number of benzene rings is 2. The summed E-state index contributed by atoms with van der Waals surface area (Å²) in [5.41, 5.74) is 4.80. The van der Waals surface area contributed by atoms with Gasteiger partial charge in [-0.05, 0) is 56.2 Å². The molecular weight excluding hydrogens is 374 g/mol. The quantitative estimate of drug-likeness (QED) is 0.600. The van der Waals surface area contributed by atoms with Crippen molar-refractivity contribution >= 4 is 39.8 Å². The van der Waals surface area contributed by atoms with Crippen LogP contribution in [0.4, 0.5) is 21.3 Å². The molecule has 2 aromatic carbocycles. The van der Waals surface area contributed by atoms with Gasteiger partial charge in [0.2, 0.25) is 11.0 Å². The van der Waals surface area contributed by atoms with Crippen LogP contribution in [0, 0.1) is 20.8 Å². The van der Waals surface area contributed by atoms with Crippen molar-refractivity contribution in [3.63, 3.8) is 0 Å². The Balaban J connectivity index is 1.53. The van der Waals surface area contributed by atoms with Crippen LogP contribution in [0.1, 0.15) is 21.7 Å². The number of nitrogens with zero attached hydrogens (tertiary/aromatic N) is 2. The van der Waals surface area contributed by atoms with Crippen molar-refractivity contribution in [3.8, 4) is 0 Å². The molecule has 0 atom stereocenters. The first-order valence-electron chi connectivity index (χ1n) is 8.73. The van der Waals surface area contributed by atoms with E-state index in [0.717, 1.165) is 33.7 Å². The highest BCUT2D eigenvalue weighted by Gasteiger charge is 2.12. The van der Waals surface area contributed by atoms with E-state index in [1.165, 1.54) is 0 Å². The van der Waals surface area contributed by atoms with Gasteiger partial charge in [-0.3, -0.25) is 10.1 Å². The number of hydrogen-bond donors (Lipinski definition) is 3. The lowest BCUT2D eigenvalue weighted by Gasteiger charge is -2.07. The third kappa shape index (κ3) is 5.37. The summed E-state index contributed by atoms with van der Waals surface area (Å²) >= 11 is 1.16. The van der Waals surface area contributed by atoms with Gasteiger partial charge in [0.15, 0.2) is 0 Å². The number of urea groups is 1. The summed E-state index contributed by atoms with van der Waals surface area (Å²) in [6.45, 7) is 5.98. The second kappa shape index (κ2) is 8.62. The fourth-order valence-electron chi connectivity index (χ4n) is 2.43. The van der Waals surface area contributed by atoms with Crippen LogP contribution in [-0.4, -0.2) is 22.1 Å². The number of carbonyl (C=O) groups excluding carboxylic acids is 2. The molecule has 8 heteroatoms. The maximum absolute atomic E-state index is 12.1. The highest BCUT2D eigenvalue weighted by atomic mass is 32.1. The number of hydrogen-bond acceptors (Lipinski definition) is 5. The van der Waals surface area contributed by atoms with Crippen LogP contribution in [0.25, 0.3) is 0 Å². The van der Waals surface area contributed by atoms with Crippen LogP contribution in [0.5, 0.6) is 0 Å². The first-order chi connectivity index (χ1) is 13.4. The van der Waals surface area contributed by atoms with Crippen LogP contribution in [0.15, 0.2) is 42.5 Å². The topological polar surface area (TPSA) is 96.0 Å². The fourth-order valence-corrected chi connectivity index (χ4v) is 3.17. The maximum Gasteiger partial charge on any atom is 0.325 e. The summed E-state index contributed by atoms with van der Waals surface area (Å²) in [5, 5.41) is 16.9. The van der Waals surface area contributed by atoms with Gasteiger partial charge in [0.25, 0.3) is 0 Å². The van der Waals surface area contributed by atoms with Crippen LogP contribution in [-0.2, 0) is 11.2 Å². The zero-order valence-corrected chi connectivity index (χ0v) is 16.7. The lowest BCUT2D eigenvalue weighted by molar-refractivity contribution is -0.115. The van der Waals surface area contributed by atoms with E-state index in [-0.39, 0.29) is 12.3 Å². The average Bonchev–Trinajstić information content (AvgIpc) is 3.06. The standard InChI is InChI=1S/C20H21N5O2S/c1-12-4-7-15(8-5-12)21-17(26)11-18-24-25-20(28-18)23-19(27)22-16-9-6-13(2)14(3)10-16/h4-10H,11H2,1-3H3,(H,21,26)(H2,22,23,25,27). The van der Waals surface area contributed by atoms with Crippen molar-refractivity contribution in [2.45, 2.75) is 27.2 Å². The first kappa shape index (κ1) is 19.5. The number of rotatable bonds is 5. The van der Waals surface area contributed by atoms with E-state index in [2.05, 4.69) is 26.1 Å². The minimum absolute atomic E-state index is 0.0893. The SMILES string of the molecule is Cc1ccc(NC(=O)Cc2nnc(NC(=O)Nc3ccc(C)c(C)c3)s2)cc1. The van der Waals surface area contributed by atoms with Gasteiger partial charge in [-0.25, -0.2) is 4.79 Å². The molecular formula is C20H21N5O2S.